The van der Waals surface area contributed by atoms with Crippen molar-refractivity contribution in [3.8, 4) is 5.75 Å². The van der Waals surface area contributed by atoms with E-state index in [0.717, 1.165) is 50.5 Å². The number of unbranched alkanes of at least 4 members (excludes halogenated alkanes) is 9. The van der Waals surface area contributed by atoms with Gasteiger partial charge in [-0.05, 0) is 70.6 Å². The first-order valence-electron chi connectivity index (χ1n) is 19.3. The van der Waals surface area contributed by atoms with Crippen molar-refractivity contribution < 1.29 is 42.5 Å². The summed E-state index contributed by atoms with van der Waals surface area (Å²) in [7, 11) is 2.89. The number of likely N-dealkylation sites (N-methyl/N-ethyl adjacent to an activating group) is 1. The molecule has 0 unspecified atom stereocenters. The number of carbonyl (C=O) groups is 3. The summed E-state index contributed by atoms with van der Waals surface area (Å²) < 4.78 is 45.1. The summed E-state index contributed by atoms with van der Waals surface area (Å²) in [6.45, 7) is 9.74. The van der Waals surface area contributed by atoms with Gasteiger partial charge >= 0.3 is 5.97 Å². The Morgan fingerprint density at radius 1 is 0.827 bits per heavy atom. The lowest BCUT2D eigenvalue weighted by Gasteiger charge is -2.35. The number of nitrogens with one attached hydrogen (secondary N) is 2. The molecule has 0 heterocycles. The predicted octanol–water partition coefficient (Wildman–Crippen LogP) is 8.26. The molecule has 0 bridgehead atoms. The molecule has 0 spiro atoms. The third kappa shape index (κ3) is 19.1. The van der Waals surface area contributed by atoms with Crippen LogP contribution in [0.5, 0.6) is 5.75 Å². The molecule has 2 amide bonds. The zero-order valence-electron chi connectivity index (χ0n) is 33.0. The van der Waals surface area contributed by atoms with Crippen molar-refractivity contribution in [3.63, 3.8) is 0 Å². The normalized spacial score (nSPS) is 14.4. The van der Waals surface area contributed by atoms with E-state index in [0.29, 0.717) is 44.5 Å². The summed E-state index contributed by atoms with van der Waals surface area (Å²) in [6, 6.07) is 6.26. The Labute approximate surface area is 312 Å². The fourth-order valence-electron chi connectivity index (χ4n) is 5.75. The molecule has 0 radical (unpaired) electrons. The van der Waals surface area contributed by atoms with Crippen molar-refractivity contribution in [2.75, 3.05) is 27.4 Å². The maximum atomic E-state index is 14.3. The number of hydrogen-bond acceptors (Lipinski definition) is 7. The number of alkyl halides is 2. The molecule has 0 saturated carbocycles. The number of hydrogen-bond donors (Lipinski definition) is 3. The SMILES string of the molecule is CCCCCCCC(F)(F)CCCCCC/C=C/[C@H](C(=O)N[C@@H](Cc1ccc(OCCCC)cc1)C(=O)NC)[C@@](O)(CCOC)C(=O)OC(C)(C)C. The van der Waals surface area contributed by atoms with Gasteiger partial charge in [0.15, 0.2) is 5.60 Å². The van der Waals surface area contributed by atoms with E-state index >= 15 is 0 Å². The van der Waals surface area contributed by atoms with Crippen LogP contribution in [0, 0.1) is 5.92 Å². The number of esters is 1. The molecular formula is C41H68F2N2O7. The molecule has 0 aliphatic rings. The smallest absolute Gasteiger partial charge is 0.339 e. The molecule has 0 fully saturated rings. The highest BCUT2D eigenvalue weighted by Gasteiger charge is 2.49. The molecule has 298 valence electrons. The topological polar surface area (TPSA) is 123 Å². The van der Waals surface area contributed by atoms with Crippen molar-refractivity contribution >= 4 is 17.8 Å². The lowest BCUT2D eigenvalue weighted by molar-refractivity contribution is -0.185. The average molecular weight is 739 g/mol. The van der Waals surface area contributed by atoms with Gasteiger partial charge in [-0.15, -0.1) is 0 Å². The summed E-state index contributed by atoms with van der Waals surface area (Å²) in [6.07, 6.45) is 12.4. The first-order valence-corrected chi connectivity index (χ1v) is 19.3. The summed E-state index contributed by atoms with van der Waals surface area (Å²) in [4.78, 5) is 40.6. The summed E-state index contributed by atoms with van der Waals surface area (Å²) >= 11 is 0. The number of halogens is 2. The van der Waals surface area contributed by atoms with Crippen LogP contribution in [0.15, 0.2) is 36.4 Å². The van der Waals surface area contributed by atoms with Crippen LogP contribution < -0.4 is 15.4 Å². The first kappa shape index (κ1) is 47.0. The summed E-state index contributed by atoms with van der Waals surface area (Å²) in [5, 5.41) is 17.3. The second kappa shape index (κ2) is 25.1. The highest BCUT2D eigenvalue weighted by molar-refractivity contribution is 5.94. The van der Waals surface area contributed by atoms with Crippen molar-refractivity contribution in [1.29, 1.82) is 0 Å². The van der Waals surface area contributed by atoms with Crippen LogP contribution in [0.3, 0.4) is 0 Å². The quantitative estimate of drug-likeness (QED) is 0.0450. The van der Waals surface area contributed by atoms with Gasteiger partial charge in [0.25, 0.3) is 0 Å². The second-order valence-corrected chi connectivity index (χ2v) is 14.8. The van der Waals surface area contributed by atoms with Gasteiger partial charge in [0.2, 0.25) is 17.7 Å². The molecule has 11 heteroatoms. The zero-order chi connectivity index (χ0) is 39.0. The van der Waals surface area contributed by atoms with E-state index in [-0.39, 0.29) is 32.3 Å². The van der Waals surface area contributed by atoms with E-state index in [1.807, 2.05) is 24.3 Å². The molecule has 52 heavy (non-hydrogen) atoms. The number of carbonyl (C=O) groups excluding carboxylic acids is 3. The molecule has 1 aromatic rings. The highest BCUT2D eigenvalue weighted by Crippen LogP contribution is 2.30. The van der Waals surface area contributed by atoms with Gasteiger partial charge in [0, 0.05) is 46.4 Å². The van der Waals surface area contributed by atoms with Crippen LogP contribution in [-0.4, -0.2) is 73.4 Å². The molecule has 0 aliphatic heterocycles. The van der Waals surface area contributed by atoms with Gasteiger partial charge in [-0.2, -0.15) is 0 Å². The fraction of sp³-hybridized carbons (Fsp3) is 0.732. The van der Waals surface area contributed by atoms with Crippen LogP contribution in [0.1, 0.15) is 136 Å². The standard InChI is InChI=1S/C41H68F2N2O7/c1-8-10-12-16-19-26-40(42,43)27-20-17-14-13-15-18-21-34(41(49,28-30-50-7)38(48)52-39(3,4)5)36(46)45-35(37(47)44-6)31-32-22-24-33(25-23-32)51-29-11-9-2/h18,21-25,34-35,49H,8-17,19-20,26-31H2,1-7H3,(H,44,47)(H,45,46)/b21-18+/t34-,35+,41+/m1/s1. The Balaban J connectivity index is 3.09. The lowest BCUT2D eigenvalue weighted by Crippen LogP contribution is -2.57. The van der Waals surface area contributed by atoms with Crippen molar-refractivity contribution in [3.05, 3.63) is 42.0 Å². The number of benzene rings is 1. The summed E-state index contributed by atoms with van der Waals surface area (Å²) in [5.41, 5.74) is -2.49. The molecule has 9 nitrogen and oxygen atoms in total. The van der Waals surface area contributed by atoms with Crippen molar-refractivity contribution in [2.45, 2.75) is 161 Å². The fourth-order valence-corrected chi connectivity index (χ4v) is 5.75. The third-order valence-electron chi connectivity index (χ3n) is 8.88. The highest BCUT2D eigenvalue weighted by atomic mass is 19.3. The maximum absolute atomic E-state index is 14.3. The minimum Gasteiger partial charge on any atom is -0.494 e. The number of ether oxygens (including phenoxy) is 3. The minimum atomic E-state index is -2.64. The molecule has 0 aromatic heterocycles. The monoisotopic (exact) mass is 738 g/mol. The van der Waals surface area contributed by atoms with Crippen LogP contribution in [0.2, 0.25) is 0 Å². The summed E-state index contributed by atoms with van der Waals surface area (Å²) in [5.74, 6) is -5.52. The average Bonchev–Trinajstić information content (AvgIpc) is 3.09. The molecule has 3 N–H and O–H groups in total. The Morgan fingerprint density at radius 3 is 1.98 bits per heavy atom. The van der Waals surface area contributed by atoms with E-state index in [9.17, 15) is 28.3 Å². The van der Waals surface area contributed by atoms with Crippen LogP contribution in [0.4, 0.5) is 8.78 Å². The minimum absolute atomic E-state index is 0.0394. The van der Waals surface area contributed by atoms with Crippen LogP contribution in [-0.2, 0) is 30.3 Å². The number of aliphatic hydroxyl groups is 1. The first-order chi connectivity index (χ1) is 24.6. The van der Waals surface area contributed by atoms with E-state index in [4.69, 9.17) is 14.2 Å². The molecule has 0 aliphatic carbocycles. The molecule has 1 rings (SSSR count). The number of methoxy groups -OCH3 is 1. The lowest BCUT2D eigenvalue weighted by atomic mass is 9.82. The Kier molecular flexibility index (Phi) is 22.6. The predicted molar refractivity (Wildman–Crippen MR) is 202 cm³/mol. The number of amides is 2. The van der Waals surface area contributed by atoms with E-state index in [2.05, 4.69) is 24.5 Å². The van der Waals surface area contributed by atoms with Gasteiger partial charge in [-0.1, -0.05) is 83.1 Å². The molecule has 1 aromatic carbocycles. The van der Waals surface area contributed by atoms with Gasteiger partial charge in [-0.25, -0.2) is 13.6 Å². The van der Waals surface area contributed by atoms with Crippen LogP contribution >= 0.6 is 0 Å². The van der Waals surface area contributed by atoms with Crippen molar-refractivity contribution in [2.24, 2.45) is 5.92 Å². The van der Waals surface area contributed by atoms with Gasteiger partial charge in [-0.3, -0.25) is 9.59 Å². The Bertz CT molecular complexity index is 1190. The Hall–Kier alpha value is -3.05. The van der Waals surface area contributed by atoms with Crippen LogP contribution in [0.25, 0.3) is 0 Å². The van der Waals surface area contributed by atoms with E-state index in [1.54, 1.807) is 26.8 Å². The van der Waals surface area contributed by atoms with Crippen molar-refractivity contribution in [1.82, 2.24) is 10.6 Å². The second-order valence-electron chi connectivity index (χ2n) is 14.8. The van der Waals surface area contributed by atoms with Gasteiger partial charge in [0.05, 0.1) is 12.5 Å². The largest absolute Gasteiger partial charge is 0.494 e. The van der Waals surface area contributed by atoms with E-state index in [1.165, 1.54) is 20.2 Å². The van der Waals surface area contributed by atoms with E-state index < -0.39 is 46.9 Å². The Morgan fingerprint density at radius 2 is 1.42 bits per heavy atom. The molecular weight excluding hydrogens is 670 g/mol. The maximum Gasteiger partial charge on any atom is 0.339 e. The zero-order valence-corrected chi connectivity index (χ0v) is 33.0. The number of allylic oxidation sites excluding steroid dienone is 1. The molecule has 3 atom stereocenters. The van der Waals surface area contributed by atoms with Gasteiger partial charge < -0.3 is 30.0 Å². The molecule has 0 saturated heterocycles. The van der Waals surface area contributed by atoms with Gasteiger partial charge in [0.1, 0.15) is 17.4 Å². The number of rotatable bonds is 28. The third-order valence-corrected chi connectivity index (χ3v) is 8.88.